The summed E-state index contributed by atoms with van der Waals surface area (Å²) in [7, 11) is 1.81. The summed E-state index contributed by atoms with van der Waals surface area (Å²) in [5.74, 6) is 0.612. The van der Waals surface area contributed by atoms with E-state index in [0.717, 1.165) is 43.6 Å². The molecular weight excluding hydrogens is 455 g/mol. The molecule has 1 spiro atoms. The molecule has 5 nitrogen and oxygen atoms in total. The number of likely N-dealkylation sites (N-methyl/N-ethyl adjacent to an activating group) is 1. The van der Waals surface area contributed by atoms with Crippen molar-refractivity contribution in [3.05, 3.63) is 47.8 Å². The van der Waals surface area contributed by atoms with Crippen molar-refractivity contribution in [3.8, 4) is 16.9 Å². The molecule has 4 rings (SSSR count). The number of carbonyl (C=O) groups is 1. The molecule has 2 saturated heterocycles. The second kappa shape index (κ2) is 8.80. The number of nitrogens with one attached hydrogen (secondary N) is 1. The number of hydrogen-bond acceptors (Lipinski definition) is 4. The molecule has 2 aliphatic heterocycles. The Morgan fingerprint density at radius 1 is 1.15 bits per heavy atom. The van der Waals surface area contributed by atoms with Gasteiger partial charge in [-0.05, 0) is 63.8 Å². The average molecular weight is 484 g/mol. The fourth-order valence-electron chi connectivity index (χ4n) is 4.51. The first-order valence-electron chi connectivity index (χ1n) is 10.8. The smallest absolute Gasteiger partial charge is 0.416 e. The number of hydrogen-bond donors (Lipinski definition) is 1. The Kier molecular flexibility index (Phi) is 6.75. The Balaban J connectivity index is 0.00000306. The average Bonchev–Trinajstić information content (AvgIpc) is 3.26. The third-order valence-corrected chi connectivity index (χ3v) is 6.13. The number of likely N-dealkylation sites (tertiary alicyclic amines) is 1. The first-order chi connectivity index (χ1) is 14.9. The first-order valence-corrected chi connectivity index (χ1v) is 10.8. The third kappa shape index (κ3) is 5.11. The van der Waals surface area contributed by atoms with Crippen LogP contribution in [-0.2, 0) is 11.0 Å². The van der Waals surface area contributed by atoms with Crippen molar-refractivity contribution in [2.75, 3.05) is 13.6 Å². The number of carbonyl (C=O) groups excluding carboxylic acids is 1. The zero-order valence-electron chi connectivity index (χ0n) is 19.1. The minimum Gasteiger partial charge on any atom is -0.486 e. The minimum atomic E-state index is -4.39. The number of nitrogens with zero attached hydrogens (tertiary/aromatic N) is 2. The van der Waals surface area contributed by atoms with Crippen LogP contribution in [0.4, 0.5) is 13.2 Å². The second-order valence-electron chi connectivity index (χ2n) is 9.69. The van der Waals surface area contributed by atoms with E-state index in [1.54, 1.807) is 11.1 Å². The molecule has 180 valence electrons. The molecule has 9 heteroatoms. The van der Waals surface area contributed by atoms with Crippen LogP contribution in [0.15, 0.2) is 36.5 Å². The highest BCUT2D eigenvalue weighted by Crippen LogP contribution is 2.41. The van der Waals surface area contributed by atoms with E-state index < -0.39 is 22.9 Å². The van der Waals surface area contributed by atoms with Crippen LogP contribution in [0.5, 0.6) is 5.75 Å². The maximum absolute atomic E-state index is 13.0. The highest BCUT2D eigenvalue weighted by atomic mass is 35.5. The number of amides is 1. The first kappa shape index (κ1) is 25.3. The number of aromatic nitrogens is 1. The molecule has 0 saturated carbocycles. The van der Waals surface area contributed by atoms with Gasteiger partial charge >= 0.3 is 6.18 Å². The van der Waals surface area contributed by atoms with Gasteiger partial charge in [0.1, 0.15) is 16.9 Å². The number of halogens is 4. The number of rotatable bonds is 3. The lowest BCUT2D eigenvalue weighted by Crippen LogP contribution is -2.47. The lowest BCUT2D eigenvalue weighted by Gasteiger charge is -2.25. The molecule has 0 bridgehead atoms. The SMILES string of the molecule is CN1CC[C@@]2(CC[C@@H](c3cc(-c4ccc(C(F)(F)F)cc4)c(OC(C)(C)C)cn3)N2)C1=O.Cl. The van der Waals surface area contributed by atoms with Gasteiger partial charge in [-0.25, -0.2) is 0 Å². The van der Waals surface area contributed by atoms with Gasteiger partial charge in [0.25, 0.3) is 0 Å². The standard InChI is InChI=1S/C24H28F3N3O2.ClH/c1-22(2,3)32-20-14-28-19(18-9-10-23(29-18)11-12-30(4)21(23)31)13-17(20)15-5-7-16(8-6-15)24(25,26)27;/h5-8,13-14,18,29H,9-12H2,1-4H3;1H/t18-,23-;/m0./s1. The van der Waals surface area contributed by atoms with Crippen LogP contribution in [0, 0.1) is 0 Å². The summed E-state index contributed by atoms with van der Waals surface area (Å²) in [6.07, 6.45) is -0.509. The fraction of sp³-hybridized carbons (Fsp3) is 0.500. The van der Waals surface area contributed by atoms with Gasteiger partial charge < -0.3 is 9.64 Å². The molecule has 1 amide bonds. The lowest BCUT2D eigenvalue weighted by atomic mass is 9.96. The molecule has 3 heterocycles. The molecule has 0 unspecified atom stereocenters. The van der Waals surface area contributed by atoms with Crippen LogP contribution in [0.1, 0.15) is 57.3 Å². The Morgan fingerprint density at radius 3 is 2.36 bits per heavy atom. The molecule has 1 aromatic heterocycles. The van der Waals surface area contributed by atoms with Crippen LogP contribution < -0.4 is 10.1 Å². The number of pyridine rings is 1. The maximum atomic E-state index is 13.0. The van der Waals surface area contributed by atoms with Crippen molar-refractivity contribution in [3.63, 3.8) is 0 Å². The van der Waals surface area contributed by atoms with Crippen molar-refractivity contribution >= 4 is 18.3 Å². The predicted molar refractivity (Wildman–Crippen MR) is 122 cm³/mol. The molecule has 2 aliphatic rings. The van der Waals surface area contributed by atoms with Gasteiger partial charge in [-0.2, -0.15) is 13.2 Å². The van der Waals surface area contributed by atoms with E-state index >= 15 is 0 Å². The molecular formula is C24H29ClF3N3O2. The van der Waals surface area contributed by atoms with Crippen LogP contribution >= 0.6 is 12.4 Å². The van der Waals surface area contributed by atoms with E-state index in [4.69, 9.17) is 4.74 Å². The van der Waals surface area contributed by atoms with Crippen molar-refractivity contribution in [2.45, 2.75) is 63.4 Å². The summed E-state index contributed by atoms with van der Waals surface area (Å²) in [6.45, 7) is 6.44. The summed E-state index contributed by atoms with van der Waals surface area (Å²) in [5, 5.41) is 3.49. The Hall–Kier alpha value is -2.32. The van der Waals surface area contributed by atoms with Crippen molar-refractivity contribution in [2.24, 2.45) is 0 Å². The van der Waals surface area contributed by atoms with Gasteiger partial charge in [-0.1, -0.05) is 12.1 Å². The monoisotopic (exact) mass is 483 g/mol. The zero-order chi connectivity index (χ0) is 23.3. The van der Waals surface area contributed by atoms with Crippen molar-refractivity contribution < 1.29 is 22.7 Å². The van der Waals surface area contributed by atoms with Crippen LogP contribution in [0.25, 0.3) is 11.1 Å². The molecule has 33 heavy (non-hydrogen) atoms. The van der Waals surface area contributed by atoms with Gasteiger partial charge in [-0.15, -0.1) is 12.4 Å². The van der Waals surface area contributed by atoms with Crippen LogP contribution in [0.2, 0.25) is 0 Å². The number of benzene rings is 1. The van der Waals surface area contributed by atoms with E-state index in [2.05, 4.69) is 10.3 Å². The van der Waals surface area contributed by atoms with Gasteiger partial charge in [0.2, 0.25) is 5.91 Å². The quantitative estimate of drug-likeness (QED) is 0.635. The molecule has 2 fully saturated rings. The molecule has 0 radical (unpaired) electrons. The third-order valence-electron chi connectivity index (χ3n) is 6.13. The van der Waals surface area contributed by atoms with E-state index in [-0.39, 0.29) is 24.4 Å². The molecule has 1 N–H and O–H groups in total. The number of alkyl halides is 3. The summed E-state index contributed by atoms with van der Waals surface area (Å²) in [5.41, 5.74) is 0.301. The van der Waals surface area contributed by atoms with Gasteiger partial charge in [0, 0.05) is 19.2 Å². The van der Waals surface area contributed by atoms with Crippen LogP contribution in [0.3, 0.4) is 0 Å². The van der Waals surface area contributed by atoms with E-state index in [9.17, 15) is 18.0 Å². The van der Waals surface area contributed by atoms with Crippen LogP contribution in [-0.4, -0.2) is 40.5 Å². The summed E-state index contributed by atoms with van der Waals surface area (Å²) >= 11 is 0. The van der Waals surface area contributed by atoms with E-state index in [0.29, 0.717) is 16.9 Å². The normalized spacial score (nSPS) is 23.2. The Morgan fingerprint density at radius 2 is 1.82 bits per heavy atom. The minimum absolute atomic E-state index is 0. The summed E-state index contributed by atoms with van der Waals surface area (Å²) in [6, 6.07) is 6.82. The predicted octanol–water partition coefficient (Wildman–Crippen LogP) is 5.39. The van der Waals surface area contributed by atoms with Gasteiger partial charge in [0.05, 0.1) is 23.5 Å². The van der Waals surface area contributed by atoms with Gasteiger partial charge in [-0.3, -0.25) is 15.1 Å². The Labute approximate surface area is 198 Å². The largest absolute Gasteiger partial charge is 0.486 e. The maximum Gasteiger partial charge on any atom is 0.416 e. The van der Waals surface area contributed by atoms with Crippen molar-refractivity contribution in [1.82, 2.24) is 15.2 Å². The second-order valence-corrected chi connectivity index (χ2v) is 9.69. The van der Waals surface area contributed by atoms with E-state index in [1.807, 2.05) is 33.9 Å². The summed E-state index contributed by atoms with van der Waals surface area (Å²) < 4.78 is 45.1. The fourth-order valence-corrected chi connectivity index (χ4v) is 4.51. The van der Waals surface area contributed by atoms with Crippen molar-refractivity contribution in [1.29, 1.82) is 0 Å². The molecule has 1 aromatic carbocycles. The summed E-state index contributed by atoms with van der Waals surface area (Å²) in [4.78, 5) is 19.0. The Bertz CT molecular complexity index is 1020. The highest BCUT2D eigenvalue weighted by molar-refractivity contribution is 5.88. The molecule has 2 aromatic rings. The molecule has 2 atom stereocenters. The topological polar surface area (TPSA) is 54.5 Å². The lowest BCUT2D eigenvalue weighted by molar-refractivity contribution is -0.137. The highest BCUT2D eigenvalue weighted by Gasteiger charge is 2.50. The number of ether oxygens (including phenoxy) is 1. The van der Waals surface area contributed by atoms with E-state index in [1.165, 1.54) is 12.1 Å². The zero-order valence-corrected chi connectivity index (χ0v) is 19.9. The van der Waals surface area contributed by atoms with Gasteiger partial charge in [0.15, 0.2) is 0 Å². The molecule has 0 aliphatic carbocycles.